The average Bonchev–Trinajstić information content (AvgIpc) is 3.01. The Labute approximate surface area is 191 Å². The summed E-state index contributed by atoms with van der Waals surface area (Å²) in [5.41, 5.74) is 4.99. The minimum atomic E-state index is -0.436. The maximum atomic E-state index is 13.0. The number of benzene rings is 3. The predicted octanol–water partition coefficient (Wildman–Crippen LogP) is 5.22. The largest absolute Gasteiger partial charge is 0.504 e. The van der Waals surface area contributed by atoms with Crippen LogP contribution in [0.3, 0.4) is 0 Å². The van der Waals surface area contributed by atoms with Gasteiger partial charge in [-0.3, -0.25) is 9.59 Å². The molecule has 0 saturated carbocycles. The van der Waals surface area contributed by atoms with Gasteiger partial charge in [0.15, 0.2) is 23.1 Å². The van der Waals surface area contributed by atoms with Crippen molar-refractivity contribution < 1.29 is 19.4 Å². The number of aromatic hydroxyl groups is 1. The van der Waals surface area contributed by atoms with Crippen LogP contribution in [0.2, 0.25) is 0 Å². The molecule has 5 rings (SSSR count). The molecule has 33 heavy (non-hydrogen) atoms. The predicted molar refractivity (Wildman–Crippen MR) is 127 cm³/mol. The second-order valence-electron chi connectivity index (χ2n) is 8.26. The molecule has 0 amide bonds. The Morgan fingerprint density at radius 3 is 2.55 bits per heavy atom. The second kappa shape index (κ2) is 8.47. The lowest BCUT2D eigenvalue weighted by molar-refractivity contribution is -0.116. The summed E-state index contributed by atoms with van der Waals surface area (Å²) in [5, 5.41) is 17.3. The normalized spacial score (nSPS) is 17.2. The molecule has 1 aliphatic carbocycles. The van der Waals surface area contributed by atoms with Crippen LogP contribution in [0.15, 0.2) is 78.0 Å². The number of allylic oxidation sites excluding steroid dienone is 1. The standard InChI is InChI=1S/C27H24N2O4/c1-33-24-13-11-17(15-23(24)31)26-25-20(8-5-9-22(25)30)28-21-14-18(10-12-19(21)29-26)27(32)16-6-3-2-4-7-16/h2-4,6-7,10-15,26,28-29,31H,5,8-9H2,1H3. The number of methoxy groups -OCH3 is 1. The van der Waals surface area contributed by atoms with E-state index in [1.165, 1.54) is 7.11 Å². The maximum Gasteiger partial charge on any atom is 0.193 e. The van der Waals surface area contributed by atoms with Crippen LogP contribution in [0.25, 0.3) is 0 Å². The molecular formula is C27H24N2O4. The van der Waals surface area contributed by atoms with Gasteiger partial charge in [0.05, 0.1) is 24.5 Å². The second-order valence-corrected chi connectivity index (χ2v) is 8.26. The fourth-order valence-corrected chi connectivity index (χ4v) is 4.53. The number of nitrogens with one attached hydrogen (secondary N) is 2. The van der Waals surface area contributed by atoms with E-state index in [9.17, 15) is 14.7 Å². The number of hydrogen-bond donors (Lipinski definition) is 3. The smallest absolute Gasteiger partial charge is 0.193 e. The van der Waals surface area contributed by atoms with E-state index < -0.39 is 6.04 Å². The Morgan fingerprint density at radius 1 is 0.970 bits per heavy atom. The number of rotatable bonds is 4. The highest BCUT2D eigenvalue weighted by atomic mass is 16.5. The molecule has 1 aliphatic heterocycles. The number of carbonyl (C=O) groups excluding carboxylic acids is 2. The number of ketones is 2. The Kier molecular flexibility index (Phi) is 5.34. The molecule has 1 heterocycles. The molecule has 3 N–H and O–H groups in total. The van der Waals surface area contributed by atoms with Crippen molar-refractivity contribution in [3.05, 3.63) is 94.7 Å². The molecule has 6 heteroatoms. The first-order valence-corrected chi connectivity index (χ1v) is 11.0. The van der Waals surface area contributed by atoms with Gasteiger partial charge in [-0.25, -0.2) is 0 Å². The number of phenols is 1. The molecule has 3 aromatic rings. The van der Waals surface area contributed by atoms with Gasteiger partial charge in [-0.05, 0) is 48.7 Å². The fraction of sp³-hybridized carbons (Fsp3) is 0.185. The molecule has 6 nitrogen and oxygen atoms in total. The third-order valence-corrected chi connectivity index (χ3v) is 6.18. The van der Waals surface area contributed by atoms with Crippen molar-refractivity contribution in [3.8, 4) is 11.5 Å². The number of ether oxygens (including phenoxy) is 1. The van der Waals surface area contributed by atoms with Gasteiger partial charge in [-0.2, -0.15) is 0 Å². The van der Waals surface area contributed by atoms with Gasteiger partial charge in [0, 0.05) is 28.8 Å². The summed E-state index contributed by atoms with van der Waals surface area (Å²) in [7, 11) is 1.50. The Morgan fingerprint density at radius 2 is 1.79 bits per heavy atom. The highest BCUT2D eigenvalue weighted by molar-refractivity contribution is 6.10. The van der Waals surface area contributed by atoms with E-state index in [0.717, 1.165) is 35.5 Å². The molecule has 1 atom stereocenters. The molecule has 1 unspecified atom stereocenters. The average molecular weight is 440 g/mol. The summed E-state index contributed by atoms with van der Waals surface area (Å²) in [6.45, 7) is 0. The summed E-state index contributed by atoms with van der Waals surface area (Å²) >= 11 is 0. The van der Waals surface area contributed by atoms with Crippen molar-refractivity contribution in [2.45, 2.75) is 25.3 Å². The quantitative estimate of drug-likeness (QED) is 0.482. The summed E-state index contributed by atoms with van der Waals surface area (Å²) < 4.78 is 5.17. The first-order valence-electron chi connectivity index (χ1n) is 11.0. The van der Waals surface area contributed by atoms with Gasteiger partial charge >= 0.3 is 0 Å². The van der Waals surface area contributed by atoms with Crippen LogP contribution in [0.5, 0.6) is 11.5 Å². The molecule has 0 radical (unpaired) electrons. The first kappa shape index (κ1) is 20.8. The van der Waals surface area contributed by atoms with E-state index >= 15 is 0 Å². The molecular weight excluding hydrogens is 416 g/mol. The summed E-state index contributed by atoms with van der Waals surface area (Å²) in [5.74, 6) is 0.405. The zero-order valence-corrected chi connectivity index (χ0v) is 18.2. The van der Waals surface area contributed by atoms with Crippen LogP contribution < -0.4 is 15.4 Å². The molecule has 0 spiro atoms. The van der Waals surface area contributed by atoms with Crippen molar-refractivity contribution in [2.75, 3.05) is 17.7 Å². The van der Waals surface area contributed by atoms with E-state index in [-0.39, 0.29) is 17.3 Å². The lowest BCUT2D eigenvalue weighted by atomic mass is 9.86. The fourth-order valence-electron chi connectivity index (χ4n) is 4.53. The Bertz CT molecular complexity index is 1280. The number of carbonyl (C=O) groups is 2. The molecule has 0 bridgehead atoms. The van der Waals surface area contributed by atoms with Gasteiger partial charge < -0.3 is 20.5 Å². The van der Waals surface area contributed by atoms with E-state index in [0.29, 0.717) is 28.9 Å². The molecule has 0 saturated heterocycles. The van der Waals surface area contributed by atoms with Crippen molar-refractivity contribution >= 4 is 22.9 Å². The molecule has 0 fully saturated rings. The van der Waals surface area contributed by atoms with Crippen molar-refractivity contribution in [1.29, 1.82) is 0 Å². The third-order valence-electron chi connectivity index (χ3n) is 6.18. The summed E-state index contributed by atoms with van der Waals surface area (Å²) in [6, 6.07) is 19.4. The minimum absolute atomic E-state index is 0.0171. The maximum absolute atomic E-state index is 13.0. The summed E-state index contributed by atoms with van der Waals surface area (Å²) in [6.07, 6.45) is 1.98. The van der Waals surface area contributed by atoms with E-state index in [1.54, 1.807) is 30.3 Å². The zero-order valence-electron chi connectivity index (χ0n) is 18.2. The zero-order chi connectivity index (χ0) is 22.9. The Balaban J connectivity index is 1.58. The Hall–Kier alpha value is -4.06. The van der Waals surface area contributed by atoms with Crippen LogP contribution in [0.4, 0.5) is 11.4 Å². The van der Waals surface area contributed by atoms with Gasteiger partial charge in [0.25, 0.3) is 0 Å². The van der Waals surface area contributed by atoms with Crippen LogP contribution in [0, 0.1) is 0 Å². The molecule has 3 aromatic carbocycles. The van der Waals surface area contributed by atoms with Crippen molar-refractivity contribution in [3.63, 3.8) is 0 Å². The van der Waals surface area contributed by atoms with E-state index in [4.69, 9.17) is 4.74 Å². The number of hydrogen-bond acceptors (Lipinski definition) is 6. The lowest BCUT2D eigenvalue weighted by Gasteiger charge is -2.25. The van der Waals surface area contributed by atoms with E-state index in [1.807, 2.05) is 36.4 Å². The first-order chi connectivity index (χ1) is 16.0. The highest BCUT2D eigenvalue weighted by Crippen LogP contribution is 2.42. The van der Waals surface area contributed by atoms with Crippen molar-refractivity contribution in [2.24, 2.45) is 0 Å². The summed E-state index contributed by atoms with van der Waals surface area (Å²) in [4.78, 5) is 26.0. The van der Waals surface area contributed by atoms with Gasteiger partial charge in [0.1, 0.15) is 0 Å². The van der Waals surface area contributed by atoms with Crippen LogP contribution in [0.1, 0.15) is 46.8 Å². The highest BCUT2D eigenvalue weighted by Gasteiger charge is 2.32. The minimum Gasteiger partial charge on any atom is -0.504 e. The SMILES string of the molecule is COc1ccc(C2Nc3ccc(C(=O)c4ccccc4)cc3NC3=C2C(=O)CCC3)cc1O. The molecule has 2 aliphatic rings. The van der Waals surface area contributed by atoms with E-state index in [2.05, 4.69) is 10.6 Å². The molecule has 166 valence electrons. The number of anilines is 2. The van der Waals surface area contributed by atoms with Gasteiger partial charge in [-0.15, -0.1) is 0 Å². The lowest BCUT2D eigenvalue weighted by Crippen LogP contribution is -2.23. The number of fused-ring (bicyclic) bond motifs is 1. The van der Waals surface area contributed by atoms with Crippen LogP contribution in [-0.4, -0.2) is 23.8 Å². The van der Waals surface area contributed by atoms with Crippen LogP contribution in [-0.2, 0) is 4.79 Å². The monoisotopic (exact) mass is 440 g/mol. The number of Topliss-reactive ketones (excluding diaryl/α,β-unsaturated/α-hetero) is 1. The topological polar surface area (TPSA) is 87.7 Å². The number of phenolic OH excluding ortho intramolecular Hbond substituents is 1. The molecule has 0 aromatic heterocycles. The van der Waals surface area contributed by atoms with Crippen LogP contribution >= 0.6 is 0 Å². The van der Waals surface area contributed by atoms with Gasteiger partial charge in [-0.1, -0.05) is 36.4 Å². The third kappa shape index (κ3) is 3.84. The van der Waals surface area contributed by atoms with Gasteiger partial charge in [0.2, 0.25) is 0 Å². The van der Waals surface area contributed by atoms with Crippen molar-refractivity contribution in [1.82, 2.24) is 0 Å².